The van der Waals surface area contributed by atoms with Crippen LogP contribution in [0.5, 0.6) is 0 Å². The molecule has 0 bridgehead atoms. The predicted molar refractivity (Wildman–Crippen MR) is 126 cm³/mol. The third-order valence-corrected chi connectivity index (χ3v) is 7.46. The first-order chi connectivity index (χ1) is 15.2. The van der Waals surface area contributed by atoms with Crippen LogP contribution in [0.15, 0.2) is 53.7 Å². The van der Waals surface area contributed by atoms with Gasteiger partial charge in [-0.25, -0.2) is 0 Å². The first kappa shape index (κ1) is 20.6. The molecule has 2 aromatic carbocycles. The minimum absolute atomic E-state index is 0.123. The van der Waals surface area contributed by atoms with E-state index in [2.05, 4.69) is 20.8 Å². The summed E-state index contributed by atoms with van der Waals surface area (Å²) in [7, 11) is 0. The minimum atomic E-state index is 0.123. The highest BCUT2D eigenvalue weighted by molar-refractivity contribution is 7.99. The van der Waals surface area contributed by atoms with Crippen LogP contribution in [0.2, 0.25) is 5.02 Å². The van der Waals surface area contributed by atoms with E-state index in [4.69, 9.17) is 11.6 Å². The normalized spacial score (nSPS) is 16.5. The maximum Gasteiger partial charge on any atom is 0.237 e. The van der Waals surface area contributed by atoms with Crippen molar-refractivity contribution in [1.82, 2.24) is 14.8 Å². The smallest absolute Gasteiger partial charge is 0.237 e. The van der Waals surface area contributed by atoms with E-state index in [0.717, 1.165) is 54.5 Å². The molecule has 0 atom stereocenters. The number of amides is 1. The molecule has 31 heavy (non-hydrogen) atoms. The molecule has 1 aliphatic carbocycles. The first-order valence-corrected chi connectivity index (χ1v) is 12.3. The van der Waals surface area contributed by atoms with Crippen molar-refractivity contribution in [2.24, 2.45) is 0 Å². The Kier molecular flexibility index (Phi) is 6.01. The van der Waals surface area contributed by atoms with E-state index in [9.17, 15) is 4.79 Å². The Morgan fingerprint density at radius 1 is 1.03 bits per heavy atom. The fourth-order valence-corrected chi connectivity index (χ4v) is 5.79. The number of aromatic nitrogens is 3. The average molecular weight is 453 g/mol. The summed E-state index contributed by atoms with van der Waals surface area (Å²) in [6.45, 7) is 0.774. The Morgan fingerprint density at radius 2 is 1.81 bits per heavy atom. The molecule has 0 spiro atoms. The van der Waals surface area contributed by atoms with E-state index in [1.54, 1.807) is 0 Å². The van der Waals surface area contributed by atoms with Crippen LogP contribution in [-0.2, 0) is 11.2 Å². The number of aryl methyl sites for hydroxylation is 1. The molecule has 160 valence electrons. The van der Waals surface area contributed by atoms with E-state index in [-0.39, 0.29) is 5.91 Å². The van der Waals surface area contributed by atoms with Crippen LogP contribution < -0.4 is 4.90 Å². The number of nitrogens with zero attached hydrogens (tertiary/aromatic N) is 4. The molecule has 2 aliphatic rings. The quantitative estimate of drug-likeness (QED) is 0.460. The summed E-state index contributed by atoms with van der Waals surface area (Å²) in [5, 5.41) is 10.5. The largest absolute Gasteiger partial charge is 0.311 e. The van der Waals surface area contributed by atoms with Gasteiger partial charge in [0.25, 0.3) is 0 Å². The topological polar surface area (TPSA) is 51.0 Å². The number of anilines is 1. The predicted octanol–water partition coefficient (Wildman–Crippen LogP) is 5.79. The maximum atomic E-state index is 13.1. The van der Waals surface area contributed by atoms with Gasteiger partial charge in [0, 0.05) is 23.8 Å². The lowest BCUT2D eigenvalue weighted by Gasteiger charge is -2.29. The molecule has 2 heterocycles. The molecule has 0 radical (unpaired) electrons. The van der Waals surface area contributed by atoms with Crippen molar-refractivity contribution in [2.45, 2.75) is 49.7 Å². The standard InChI is InChI=1S/C24H25ClN4OS/c25-20-13-5-4-12-19(20)23-26-27-24(29(23)18-10-2-3-11-18)31-16-22(30)28-15-7-9-17-8-1-6-14-21(17)28/h1,4-6,8,12-14,18H,2-3,7,9-11,15-16H2. The van der Waals surface area contributed by atoms with Crippen LogP contribution in [0, 0.1) is 0 Å². The molecule has 7 heteroatoms. The summed E-state index contributed by atoms with van der Waals surface area (Å²) in [5.41, 5.74) is 3.20. The van der Waals surface area contributed by atoms with Crippen LogP contribution >= 0.6 is 23.4 Å². The number of hydrogen-bond donors (Lipinski definition) is 0. The number of para-hydroxylation sites is 1. The van der Waals surface area contributed by atoms with Gasteiger partial charge in [-0.15, -0.1) is 10.2 Å². The van der Waals surface area contributed by atoms with E-state index in [1.807, 2.05) is 47.4 Å². The second kappa shape index (κ2) is 9.05. The van der Waals surface area contributed by atoms with Crippen LogP contribution in [0.25, 0.3) is 11.4 Å². The highest BCUT2D eigenvalue weighted by atomic mass is 35.5. The van der Waals surface area contributed by atoms with Crippen molar-refractivity contribution in [1.29, 1.82) is 0 Å². The van der Waals surface area contributed by atoms with Crippen molar-refractivity contribution >= 4 is 35.0 Å². The summed E-state index contributed by atoms with van der Waals surface area (Å²) < 4.78 is 2.22. The molecule has 5 rings (SSSR count). The molecule has 1 saturated carbocycles. The maximum absolute atomic E-state index is 13.1. The molecule has 1 aliphatic heterocycles. The second-order valence-corrected chi connectivity index (χ2v) is 9.51. The van der Waals surface area contributed by atoms with Crippen LogP contribution in [0.4, 0.5) is 5.69 Å². The van der Waals surface area contributed by atoms with Gasteiger partial charge in [0.15, 0.2) is 11.0 Å². The fourth-order valence-electron chi connectivity index (χ4n) is 4.69. The summed E-state index contributed by atoms with van der Waals surface area (Å²) >= 11 is 7.96. The van der Waals surface area contributed by atoms with Gasteiger partial charge in [-0.3, -0.25) is 9.36 Å². The zero-order valence-electron chi connectivity index (χ0n) is 17.3. The number of hydrogen-bond acceptors (Lipinski definition) is 4. The lowest BCUT2D eigenvalue weighted by Crippen LogP contribution is -2.36. The molecule has 0 N–H and O–H groups in total. The molecular formula is C24H25ClN4OS. The molecule has 1 amide bonds. The van der Waals surface area contributed by atoms with Crippen molar-refractivity contribution in [3.8, 4) is 11.4 Å². The van der Waals surface area contributed by atoms with Gasteiger partial charge < -0.3 is 4.90 Å². The van der Waals surface area contributed by atoms with Gasteiger partial charge in [-0.2, -0.15) is 0 Å². The number of halogens is 1. The molecule has 1 aromatic heterocycles. The van der Waals surface area contributed by atoms with E-state index in [1.165, 1.54) is 30.2 Å². The van der Waals surface area contributed by atoms with Crippen molar-refractivity contribution in [3.05, 3.63) is 59.1 Å². The monoisotopic (exact) mass is 452 g/mol. The SMILES string of the molecule is O=C(CSc1nnc(-c2ccccc2Cl)n1C1CCCC1)N1CCCc2ccccc21. The number of fused-ring (bicyclic) bond motifs is 1. The number of carbonyl (C=O) groups is 1. The van der Waals surface area contributed by atoms with E-state index < -0.39 is 0 Å². The van der Waals surface area contributed by atoms with Gasteiger partial charge in [0.2, 0.25) is 5.91 Å². The summed E-state index contributed by atoms with van der Waals surface area (Å²) in [4.78, 5) is 15.1. The summed E-state index contributed by atoms with van der Waals surface area (Å²) in [6.07, 6.45) is 6.66. The Hall–Kier alpha value is -2.31. The minimum Gasteiger partial charge on any atom is -0.311 e. The molecule has 1 fully saturated rings. The summed E-state index contributed by atoms with van der Waals surface area (Å²) in [5.74, 6) is 1.27. The third kappa shape index (κ3) is 4.11. The number of carbonyl (C=O) groups excluding carboxylic acids is 1. The zero-order valence-corrected chi connectivity index (χ0v) is 18.9. The number of thioether (sulfide) groups is 1. The second-order valence-electron chi connectivity index (χ2n) is 8.16. The molecule has 0 unspecified atom stereocenters. The Balaban J connectivity index is 1.40. The van der Waals surface area contributed by atoms with Gasteiger partial charge in [-0.1, -0.05) is 66.5 Å². The van der Waals surface area contributed by atoms with Crippen molar-refractivity contribution in [2.75, 3.05) is 17.2 Å². The Morgan fingerprint density at radius 3 is 2.65 bits per heavy atom. The van der Waals surface area contributed by atoms with Crippen LogP contribution in [0.3, 0.4) is 0 Å². The molecule has 0 saturated heterocycles. The summed E-state index contributed by atoms with van der Waals surface area (Å²) in [6, 6.07) is 16.3. The Labute approximate surface area is 191 Å². The first-order valence-electron chi connectivity index (χ1n) is 10.9. The molecular weight excluding hydrogens is 428 g/mol. The average Bonchev–Trinajstić information content (AvgIpc) is 3.47. The van der Waals surface area contributed by atoms with E-state index in [0.29, 0.717) is 16.8 Å². The van der Waals surface area contributed by atoms with Gasteiger partial charge in [0.05, 0.1) is 10.8 Å². The van der Waals surface area contributed by atoms with Crippen molar-refractivity contribution < 1.29 is 4.79 Å². The number of benzene rings is 2. The highest BCUT2D eigenvalue weighted by Gasteiger charge is 2.27. The van der Waals surface area contributed by atoms with Crippen LogP contribution in [-0.4, -0.2) is 33.0 Å². The fraction of sp³-hybridized carbons (Fsp3) is 0.375. The molecule has 5 nitrogen and oxygen atoms in total. The van der Waals surface area contributed by atoms with Crippen molar-refractivity contribution in [3.63, 3.8) is 0 Å². The van der Waals surface area contributed by atoms with Gasteiger partial charge >= 0.3 is 0 Å². The number of rotatable bonds is 5. The lowest BCUT2D eigenvalue weighted by molar-refractivity contribution is -0.116. The van der Waals surface area contributed by atoms with E-state index >= 15 is 0 Å². The van der Waals surface area contributed by atoms with Crippen LogP contribution in [0.1, 0.15) is 43.7 Å². The third-order valence-electron chi connectivity index (χ3n) is 6.21. The molecule has 3 aromatic rings. The Bertz CT molecular complexity index is 1090. The van der Waals surface area contributed by atoms with Gasteiger partial charge in [-0.05, 0) is 49.4 Å². The zero-order chi connectivity index (χ0) is 21.2. The lowest BCUT2D eigenvalue weighted by atomic mass is 10.0. The van der Waals surface area contributed by atoms with Gasteiger partial charge in [0.1, 0.15) is 0 Å². The highest BCUT2D eigenvalue weighted by Crippen LogP contribution is 2.38.